The van der Waals surface area contributed by atoms with Crippen LogP contribution in [0.1, 0.15) is 23.8 Å². The summed E-state index contributed by atoms with van der Waals surface area (Å²) in [6, 6.07) is 49.7. The Morgan fingerprint density at radius 3 is 2.13 bits per heavy atom. The molecular weight excluding hydrogens is 640 g/mol. The number of oxazole rings is 1. The van der Waals surface area contributed by atoms with Crippen LogP contribution in [0.4, 0.5) is 0 Å². The van der Waals surface area contributed by atoms with E-state index in [-0.39, 0.29) is 5.92 Å². The van der Waals surface area contributed by atoms with E-state index in [2.05, 4.69) is 160 Å². The van der Waals surface area contributed by atoms with Gasteiger partial charge >= 0.3 is 0 Å². The normalized spacial score (nSPS) is 14.7. The molecule has 1 aliphatic carbocycles. The molecule has 0 spiro atoms. The number of para-hydroxylation sites is 3. The minimum atomic E-state index is 0.0993. The predicted molar refractivity (Wildman–Crippen MR) is 198 cm³/mol. The minimum absolute atomic E-state index is 0.0993. The third kappa shape index (κ3) is 4.76. The summed E-state index contributed by atoms with van der Waals surface area (Å²) in [6.45, 7) is 0. The Morgan fingerprint density at radius 2 is 1.34 bits per heavy atom. The van der Waals surface area contributed by atoms with Crippen LogP contribution in [-0.2, 0) is 0 Å². The van der Waals surface area contributed by atoms with Crippen molar-refractivity contribution in [2.75, 3.05) is 0 Å². The van der Waals surface area contributed by atoms with Gasteiger partial charge in [0.05, 0.1) is 21.4 Å². The van der Waals surface area contributed by atoms with E-state index in [1.165, 1.54) is 60.9 Å². The van der Waals surface area contributed by atoms with Gasteiger partial charge < -0.3 is 8.98 Å². The standard InChI is InChI=1S/C43H29BrN2O/c44-38-18-10-19-39-42(38)47-43(45-39)29-23-21-28(22-24-29)32-13-4-6-15-34(32)35-16-7-5-14-33(35)30-25-26-41-37(27-30)36-17-8-9-20-40(36)46(41)31-11-2-1-3-12-31/h1-23,25-27,29H,24H2. The van der Waals surface area contributed by atoms with E-state index in [9.17, 15) is 0 Å². The third-order valence-electron chi connectivity index (χ3n) is 9.25. The predicted octanol–water partition coefficient (Wildman–Crippen LogP) is 12.1. The van der Waals surface area contributed by atoms with Gasteiger partial charge in [0.25, 0.3) is 0 Å². The van der Waals surface area contributed by atoms with Gasteiger partial charge in [0.2, 0.25) is 5.89 Å². The Balaban J connectivity index is 1.11. The maximum Gasteiger partial charge on any atom is 0.202 e. The molecule has 6 aromatic carbocycles. The lowest BCUT2D eigenvalue weighted by molar-refractivity contribution is 0.504. The number of benzene rings is 6. The number of hydrogen-bond acceptors (Lipinski definition) is 2. The van der Waals surface area contributed by atoms with Crippen LogP contribution in [0.2, 0.25) is 0 Å². The molecule has 0 saturated carbocycles. The summed E-state index contributed by atoms with van der Waals surface area (Å²) in [5, 5.41) is 2.50. The van der Waals surface area contributed by atoms with Crippen LogP contribution in [0.5, 0.6) is 0 Å². The van der Waals surface area contributed by atoms with Crippen molar-refractivity contribution >= 4 is 54.4 Å². The quantitative estimate of drug-likeness (QED) is 0.183. The average Bonchev–Trinajstić information content (AvgIpc) is 3.73. The summed E-state index contributed by atoms with van der Waals surface area (Å²) in [5.74, 6) is 0.850. The molecule has 1 aliphatic rings. The van der Waals surface area contributed by atoms with E-state index in [1.54, 1.807) is 0 Å². The summed E-state index contributed by atoms with van der Waals surface area (Å²) < 4.78 is 9.48. The SMILES string of the molecule is Brc1cccc2nc(C3C=CC(c4ccccc4-c4ccccc4-c4ccc5c(c4)c4ccccc4n5-c4ccccc4)=CC3)oc12. The summed E-state index contributed by atoms with van der Waals surface area (Å²) >= 11 is 3.60. The van der Waals surface area contributed by atoms with Crippen molar-refractivity contribution in [3.63, 3.8) is 0 Å². The highest BCUT2D eigenvalue weighted by Crippen LogP contribution is 2.41. The fourth-order valence-electron chi connectivity index (χ4n) is 7.03. The van der Waals surface area contributed by atoms with E-state index in [0.717, 1.165) is 27.9 Å². The number of aromatic nitrogens is 2. The Labute approximate surface area is 281 Å². The molecule has 0 saturated heterocycles. The first-order valence-electron chi connectivity index (χ1n) is 15.9. The molecule has 0 amide bonds. The molecule has 0 aliphatic heterocycles. The molecule has 3 nitrogen and oxygen atoms in total. The second-order valence-corrected chi connectivity index (χ2v) is 12.9. The number of rotatable bonds is 5. The van der Waals surface area contributed by atoms with Crippen molar-refractivity contribution in [3.05, 3.63) is 174 Å². The van der Waals surface area contributed by atoms with Crippen LogP contribution in [0.15, 0.2) is 167 Å². The van der Waals surface area contributed by atoms with Crippen LogP contribution in [0.25, 0.3) is 66.4 Å². The maximum atomic E-state index is 6.18. The number of hydrogen-bond donors (Lipinski definition) is 0. The number of allylic oxidation sites excluding steroid dienone is 4. The molecule has 224 valence electrons. The average molecular weight is 670 g/mol. The molecule has 0 N–H and O–H groups in total. The lowest BCUT2D eigenvalue weighted by Gasteiger charge is -2.18. The molecular formula is C43H29BrN2O. The highest BCUT2D eigenvalue weighted by Gasteiger charge is 2.21. The zero-order chi connectivity index (χ0) is 31.3. The molecule has 9 rings (SSSR count). The van der Waals surface area contributed by atoms with Crippen molar-refractivity contribution in [3.8, 4) is 27.9 Å². The third-order valence-corrected chi connectivity index (χ3v) is 9.88. The molecule has 1 unspecified atom stereocenters. The smallest absolute Gasteiger partial charge is 0.202 e. The van der Waals surface area contributed by atoms with Gasteiger partial charge in [-0.2, -0.15) is 0 Å². The van der Waals surface area contributed by atoms with Gasteiger partial charge in [0.15, 0.2) is 5.58 Å². The molecule has 1 atom stereocenters. The van der Waals surface area contributed by atoms with Crippen LogP contribution in [0.3, 0.4) is 0 Å². The van der Waals surface area contributed by atoms with Crippen LogP contribution in [0, 0.1) is 0 Å². The summed E-state index contributed by atoms with van der Waals surface area (Å²) in [6.07, 6.45) is 7.60. The van der Waals surface area contributed by atoms with Crippen molar-refractivity contribution in [2.45, 2.75) is 12.3 Å². The number of nitrogens with zero attached hydrogens (tertiary/aromatic N) is 2. The van der Waals surface area contributed by atoms with Crippen molar-refractivity contribution in [1.29, 1.82) is 0 Å². The molecule has 8 aromatic rings. The Morgan fingerprint density at radius 1 is 0.638 bits per heavy atom. The van der Waals surface area contributed by atoms with E-state index in [0.29, 0.717) is 0 Å². The van der Waals surface area contributed by atoms with E-state index in [4.69, 9.17) is 9.40 Å². The highest BCUT2D eigenvalue weighted by molar-refractivity contribution is 9.10. The first kappa shape index (κ1) is 27.8. The van der Waals surface area contributed by atoms with Crippen molar-refractivity contribution in [1.82, 2.24) is 9.55 Å². The molecule has 47 heavy (non-hydrogen) atoms. The van der Waals surface area contributed by atoms with E-state index < -0.39 is 0 Å². The Hall–Kier alpha value is -5.45. The summed E-state index contributed by atoms with van der Waals surface area (Å²) in [7, 11) is 0. The Bertz CT molecular complexity index is 2520. The van der Waals surface area contributed by atoms with Crippen LogP contribution >= 0.6 is 15.9 Å². The number of halogens is 1. The molecule has 2 heterocycles. The zero-order valence-electron chi connectivity index (χ0n) is 25.5. The molecule has 0 fully saturated rings. The second kappa shape index (κ2) is 11.4. The van der Waals surface area contributed by atoms with Gasteiger partial charge in [0, 0.05) is 16.5 Å². The van der Waals surface area contributed by atoms with Gasteiger partial charge in [-0.15, -0.1) is 0 Å². The topological polar surface area (TPSA) is 31.0 Å². The van der Waals surface area contributed by atoms with Crippen LogP contribution in [-0.4, -0.2) is 9.55 Å². The number of fused-ring (bicyclic) bond motifs is 4. The maximum absolute atomic E-state index is 6.18. The first-order chi connectivity index (χ1) is 23.2. The van der Waals surface area contributed by atoms with Gasteiger partial charge in [-0.1, -0.05) is 115 Å². The van der Waals surface area contributed by atoms with Gasteiger partial charge in [-0.3, -0.25) is 0 Å². The second-order valence-electron chi connectivity index (χ2n) is 12.0. The summed E-state index contributed by atoms with van der Waals surface area (Å²) in [4.78, 5) is 4.79. The lowest BCUT2D eigenvalue weighted by Crippen LogP contribution is -2.00. The van der Waals surface area contributed by atoms with Crippen molar-refractivity contribution < 1.29 is 4.42 Å². The van der Waals surface area contributed by atoms with Gasteiger partial charge in [-0.05, 0) is 98.2 Å². The van der Waals surface area contributed by atoms with E-state index >= 15 is 0 Å². The fraction of sp³-hybridized carbons (Fsp3) is 0.0465. The molecule has 0 bridgehead atoms. The Kier molecular flexibility index (Phi) is 6.76. The summed E-state index contributed by atoms with van der Waals surface area (Å²) in [5.41, 5.74) is 12.6. The zero-order valence-corrected chi connectivity index (χ0v) is 27.1. The largest absolute Gasteiger partial charge is 0.439 e. The van der Waals surface area contributed by atoms with E-state index in [1.807, 2.05) is 18.2 Å². The van der Waals surface area contributed by atoms with Gasteiger partial charge in [-0.25, -0.2) is 4.98 Å². The molecule has 4 heteroatoms. The molecule has 2 aromatic heterocycles. The lowest BCUT2D eigenvalue weighted by atomic mass is 9.86. The minimum Gasteiger partial charge on any atom is -0.439 e. The first-order valence-corrected chi connectivity index (χ1v) is 16.7. The fourth-order valence-corrected chi connectivity index (χ4v) is 7.47. The van der Waals surface area contributed by atoms with Crippen molar-refractivity contribution in [2.24, 2.45) is 0 Å². The molecule has 0 radical (unpaired) electrons. The highest BCUT2D eigenvalue weighted by atomic mass is 79.9. The monoisotopic (exact) mass is 668 g/mol. The van der Waals surface area contributed by atoms with Gasteiger partial charge in [0.1, 0.15) is 5.52 Å². The van der Waals surface area contributed by atoms with Crippen LogP contribution < -0.4 is 0 Å².